The van der Waals surface area contributed by atoms with Gasteiger partial charge in [-0.1, -0.05) is 30.3 Å². The molecular formula is C12H15NOS. The molecule has 0 atom stereocenters. The monoisotopic (exact) mass is 221 g/mol. The first kappa shape index (κ1) is 12.1. The number of unbranched alkanes of at least 4 members (excludes halogenated alkanes) is 1. The average molecular weight is 221 g/mol. The summed E-state index contributed by atoms with van der Waals surface area (Å²) in [6.45, 7) is 1.47. The molecule has 1 aromatic rings. The third-order valence-electron chi connectivity index (χ3n) is 1.96. The second-order valence-electron chi connectivity index (χ2n) is 3.19. The number of rotatable bonds is 7. The van der Waals surface area contributed by atoms with Crippen molar-refractivity contribution in [2.45, 2.75) is 19.4 Å². The van der Waals surface area contributed by atoms with Crippen LogP contribution in [0.15, 0.2) is 30.3 Å². The van der Waals surface area contributed by atoms with Gasteiger partial charge in [-0.05, 0) is 30.2 Å². The van der Waals surface area contributed by atoms with Crippen molar-refractivity contribution < 1.29 is 4.74 Å². The highest BCUT2D eigenvalue weighted by molar-refractivity contribution is 8.03. The van der Waals surface area contributed by atoms with Crippen LogP contribution in [-0.2, 0) is 11.3 Å². The van der Waals surface area contributed by atoms with E-state index in [1.807, 2.05) is 18.2 Å². The van der Waals surface area contributed by atoms with E-state index in [1.54, 1.807) is 0 Å². The van der Waals surface area contributed by atoms with Crippen LogP contribution < -0.4 is 0 Å². The first-order valence-corrected chi connectivity index (χ1v) is 6.04. The third-order valence-corrected chi connectivity index (χ3v) is 2.58. The Hall–Kier alpha value is -0.980. The van der Waals surface area contributed by atoms with E-state index in [0.29, 0.717) is 6.61 Å². The molecular weight excluding hydrogens is 206 g/mol. The second kappa shape index (κ2) is 8.34. The van der Waals surface area contributed by atoms with E-state index < -0.39 is 0 Å². The SMILES string of the molecule is N#CSCCCCOCc1ccccc1. The van der Waals surface area contributed by atoms with E-state index in [-0.39, 0.29) is 0 Å². The summed E-state index contributed by atoms with van der Waals surface area (Å²) in [5.41, 5.74) is 1.21. The lowest BCUT2D eigenvalue weighted by Crippen LogP contribution is -1.95. The van der Waals surface area contributed by atoms with E-state index >= 15 is 0 Å². The minimum atomic E-state index is 0.687. The summed E-state index contributed by atoms with van der Waals surface area (Å²) in [5, 5.41) is 10.4. The fourth-order valence-electron chi connectivity index (χ4n) is 1.19. The van der Waals surface area contributed by atoms with E-state index in [2.05, 4.69) is 17.5 Å². The molecule has 3 heteroatoms. The zero-order valence-electron chi connectivity index (χ0n) is 8.69. The molecule has 0 unspecified atom stereocenters. The molecule has 0 amide bonds. The van der Waals surface area contributed by atoms with Crippen LogP contribution in [0.4, 0.5) is 0 Å². The Bertz CT molecular complexity index is 294. The van der Waals surface area contributed by atoms with E-state index in [9.17, 15) is 0 Å². The first-order chi connectivity index (χ1) is 7.43. The molecule has 0 heterocycles. The van der Waals surface area contributed by atoms with Gasteiger partial charge in [-0.15, -0.1) is 0 Å². The first-order valence-electron chi connectivity index (χ1n) is 5.06. The van der Waals surface area contributed by atoms with Gasteiger partial charge >= 0.3 is 0 Å². The second-order valence-corrected chi connectivity index (χ2v) is 4.06. The number of ether oxygens (including phenoxy) is 1. The molecule has 0 radical (unpaired) electrons. The van der Waals surface area contributed by atoms with Crippen molar-refractivity contribution >= 4 is 11.8 Å². The van der Waals surface area contributed by atoms with Gasteiger partial charge in [0, 0.05) is 12.4 Å². The van der Waals surface area contributed by atoms with Gasteiger partial charge in [0.25, 0.3) is 0 Å². The number of thiocyanates is 1. The van der Waals surface area contributed by atoms with Gasteiger partial charge < -0.3 is 4.74 Å². The number of nitriles is 1. The van der Waals surface area contributed by atoms with Gasteiger partial charge in [-0.2, -0.15) is 5.26 Å². The maximum atomic E-state index is 8.30. The lowest BCUT2D eigenvalue weighted by molar-refractivity contribution is 0.118. The van der Waals surface area contributed by atoms with Crippen LogP contribution in [0, 0.1) is 10.7 Å². The third kappa shape index (κ3) is 6.16. The summed E-state index contributed by atoms with van der Waals surface area (Å²) in [7, 11) is 0. The highest BCUT2D eigenvalue weighted by Gasteiger charge is 1.92. The van der Waals surface area contributed by atoms with Crippen LogP contribution in [0.25, 0.3) is 0 Å². The Kier molecular flexibility index (Phi) is 6.72. The quantitative estimate of drug-likeness (QED) is 0.523. The predicted molar refractivity (Wildman–Crippen MR) is 63.4 cm³/mol. The van der Waals surface area contributed by atoms with Crippen LogP contribution in [0.3, 0.4) is 0 Å². The molecule has 0 aliphatic heterocycles. The summed E-state index contributed by atoms with van der Waals surface area (Å²) in [6.07, 6.45) is 2.08. The molecule has 0 saturated carbocycles. The minimum Gasteiger partial charge on any atom is -0.377 e. The van der Waals surface area contributed by atoms with Crippen molar-refractivity contribution in [2.75, 3.05) is 12.4 Å². The van der Waals surface area contributed by atoms with Crippen LogP contribution in [0.2, 0.25) is 0 Å². The smallest absolute Gasteiger partial charge is 0.133 e. The maximum absolute atomic E-state index is 8.30. The zero-order chi connectivity index (χ0) is 10.8. The standard InChI is InChI=1S/C12H15NOS/c13-11-15-9-5-4-8-14-10-12-6-2-1-3-7-12/h1-3,6-7H,4-5,8-10H2. The van der Waals surface area contributed by atoms with Crippen molar-refractivity contribution in [1.29, 1.82) is 5.26 Å². The van der Waals surface area contributed by atoms with Crippen molar-refractivity contribution in [3.05, 3.63) is 35.9 Å². The maximum Gasteiger partial charge on any atom is 0.133 e. The summed E-state index contributed by atoms with van der Waals surface area (Å²) in [6, 6.07) is 10.2. The molecule has 0 fully saturated rings. The molecule has 0 aliphatic rings. The van der Waals surface area contributed by atoms with Crippen molar-refractivity contribution in [2.24, 2.45) is 0 Å². The highest BCUT2D eigenvalue weighted by atomic mass is 32.2. The number of benzene rings is 1. The van der Waals surface area contributed by atoms with Gasteiger partial charge in [-0.25, -0.2) is 0 Å². The molecule has 80 valence electrons. The van der Waals surface area contributed by atoms with Gasteiger partial charge in [0.05, 0.1) is 6.61 Å². The Morgan fingerprint density at radius 2 is 2.00 bits per heavy atom. The molecule has 1 aromatic carbocycles. The minimum absolute atomic E-state index is 0.687. The predicted octanol–water partition coefficient (Wildman–Crippen LogP) is 3.20. The van der Waals surface area contributed by atoms with E-state index in [0.717, 1.165) is 25.2 Å². The lowest BCUT2D eigenvalue weighted by atomic mass is 10.2. The highest BCUT2D eigenvalue weighted by Crippen LogP contribution is 2.04. The fraction of sp³-hybridized carbons (Fsp3) is 0.417. The normalized spacial score (nSPS) is 9.80. The van der Waals surface area contributed by atoms with Crippen molar-refractivity contribution in [1.82, 2.24) is 0 Å². The molecule has 15 heavy (non-hydrogen) atoms. The molecule has 1 rings (SSSR count). The molecule has 0 aliphatic carbocycles. The van der Waals surface area contributed by atoms with E-state index in [4.69, 9.17) is 10.00 Å². The molecule has 0 saturated heterocycles. The summed E-state index contributed by atoms with van der Waals surface area (Å²) in [5.74, 6) is 0.908. The number of thioether (sulfide) groups is 1. The molecule has 2 nitrogen and oxygen atoms in total. The Labute approximate surface area is 95.3 Å². The van der Waals surface area contributed by atoms with Crippen LogP contribution >= 0.6 is 11.8 Å². The zero-order valence-corrected chi connectivity index (χ0v) is 9.50. The number of hydrogen-bond donors (Lipinski definition) is 0. The molecule has 0 N–H and O–H groups in total. The van der Waals surface area contributed by atoms with Gasteiger partial charge in [0.1, 0.15) is 5.40 Å². The van der Waals surface area contributed by atoms with E-state index in [1.165, 1.54) is 17.3 Å². The summed E-state index contributed by atoms with van der Waals surface area (Å²) >= 11 is 1.31. The Morgan fingerprint density at radius 3 is 2.73 bits per heavy atom. The number of nitrogens with zero attached hydrogens (tertiary/aromatic N) is 1. The van der Waals surface area contributed by atoms with Gasteiger partial charge in [0.15, 0.2) is 0 Å². The molecule has 0 aromatic heterocycles. The van der Waals surface area contributed by atoms with Crippen LogP contribution in [-0.4, -0.2) is 12.4 Å². The average Bonchev–Trinajstić information content (AvgIpc) is 2.29. The number of hydrogen-bond acceptors (Lipinski definition) is 3. The van der Waals surface area contributed by atoms with Crippen LogP contribution in [0.5, 0.6) is 0 Å². The van der Waals surface area contributed by atoms with Crippen molar-refractivity contribution in [3.63, 3.8) is 0 Å². The Morgan fingerprint density at radius 1 is 1.20 bits per heavy atom. The largest absolute Gasteiger partial charge is 0.377 e. The summed E-state index contributed by atoms with van der Waals surface area (Å²) in [4.78, 5) is 0. The fourth-order valence-corrected chi connectivity index (χ4v) is 1.63. The lowest BCUT2D eigenvalue weighted by Gasteiger charge is -2.03. The molecule has 0 spiro atoms. The van der Waals surface area contributed by atoms with Gasteiger partial charge in [0.2, 0.25) is 0 Å². The topological polar surface area (TPSA) is 33.0 Å². The van der Waals surface area contributed by atoms with Crippen LogP contribution in [0.1, 0.15) is 18.4 Å². The van der Waals surface area contributed by atoms with Gasteiger partial charge in [-0.3, -0.25) is 0 Å². The summed E-state index contributed by atoms with van der Waals surface area (Å²) < 4.78 is 5.51. The molecule has 0 bridgehead atoms. The Balaban J connectivity index is 1.96. The van der Waals surface area contributed by atoms with Crippen molar-refractivity contribution in [3.8, 4) is 5.40 Å².